The Bertz CT molecular complexity index is 973. The van der Waals surface area contributed by atoms with Crippen molar-refractivity contribution >= 4 is 46.5 Å². The van der Waals surface area contributed by atoms with Gasteiger partial charge in [0, 0.05) is 6.07 Å². The van der Waals surface area contributed by atoms with E-state index in [1.54, 1.807) is 36.4 Å². The van der Waals surface area contributed by atoms with Gasteiger partial charge in [0.2, 0.25) is 0 Å². The Hall–Kier alpha value is -1.95. The molecule has 0 atom stereocenters. The number of aromatic nitrogens is 2. The molecular formula is C17H15Cl3N2O3. The van der Waals surface area contributed by atoms with Gasteiger partial charge in [0.05, 0.1) is 41.7 Å². The highest BCUT2D eigenvalue weighted by atomic mass is 35.5. The summed E-state index contributed by atoms with van der Waals surface area (Å²) in [7, 11) is 3.04. The van der Waals surface area contributed by atoms with Crippen molar-refractivity contribution in [3.8, 4) is 17.2 Å². The average molecular weight is 402 g/mol. The fraction of sp³-hybridized carbons (Fsp3) is 0.176. The molecule has 0 saturated heterocycles. The summed E-state index contributed by atoms with van der Waals surface area (Å²) in [6, 6.07) is 10.3. The van der Waals surface area contributed by atoms with Crippen LogP contribution < -0.4 is 15.0 Å². The molecule has 3 rings (SSSR count). The molecule has 0 unspecified atom stereocenters. The standard InChI is InChI=1S/C17H14Cl2N2O3.ClH/c1-23-14-7-10-12(8-15(14)24-2)20-16(9-18)21(17(10)22)13-6-4-3-5-11(13)19;/h3-8H,9H2,1-2H3;1H. The highest BCUT2D eigenvalue weighted by molar-refractivity contribution is 6.32. The highest BCUT2D eigenvalue weighted by Gasteiger charge is 2.17. The zero-order valence-electron chi connectivity index (χ0n) is 13.5. The first-order valence-electron chi connectivity index (χ1n) is 7.09. The zero-order valence-corrected chi connectivity index (χ0v) is 15.8. The molecule has 0 amide bonds. The van der Waals surface area contributed by atoms with E-state index in [1.807, 2.05) is 0 Å². The van der Waals surface area contributed by atoms with Gasteiger partial charge in [-0.15, -0.1) is 24.0 Å². The Kier molecular flexibility index (Phi) is 6.16. The number of alkyl halides is 1. The number of hydrogen-bond donors (Lipinski definition) is 0. The van der Waals surface area contributed by atoms with Crippen LogP contribution in [0, 0.1) is 0 Å². The third-order valence-electron chi connectivity index (χ3n) is 3.66. The van der Waals surface area contributed by atoms with Crippen LogP contribution in [0.4, 0.5) is 0 Å². The molecule has 8 heteroatoms. The monoisotopic (exact) mass is 400 g/mol. The summed E-state index contributed by atoms with van der Waals surface area (Å²) >= 11 is 12.3. The van der Waals surface area contributed by atoms with Gasteiger partial charge >= 0.3 is 0 Å². The molecule has 0 fully saturated rings. The van der Waals surface area contributed by atoms with Gasteiger partial charge in [-0.25, -0.2) is 4.98 Å². The van der Waals surface area contributed by atoms with E-state index < -0.39 is 0 Å². The minimum absolute atomic E-state index is 0. The largest absolute Gasteiger partial charge is 0.493 e. The lowest BCUT2D eigenvalue weighted by atomic mass is 10.2. The molecule has 2 aromatic carbocycles. The van der Waals surface area contributed by atoms with Crippen LogP contribution in [-0.2, 0) is 5.88 Å². The van der Waals surface area contributed by atoms with Gasteiger partial charge in [-0.1, -0.05) is 23.7 Å². The van der Waals surface area contributed by atoms with Crippen LogP contribution in [0.5, 0.6) is 11.5 Å². The number of para-hydroxylation sites is 1. The Labute approximate surface area is 160 Å². The minimum atomic E-state index is -0.273. The van der Waals surface area contributed by atoms with Crippen LogP contribution in [-0.4, -0.2) is 23.8 Å². The summed E-state index contributed by atoms with van der Waals surface area (Å²) in [6.07, 6.45) is 0. The fourth-order valence-corrected chi connectivity index (χ4v) is 2.93. The lowest BCUT2D eigenvalue weighted by Crippen LogP contribution is -2.23. The van der Waals surface area contributed by atoms with Gasteiger partial charge in [-0.05, 0) is 18.2 Å². The normalized spacial score (nSPS) is 10.4. The maximum absolute atomic E-state index is 13.0. The Balaban J connectivity index is 0.00000225. The van der Waals surface area contributed by atoms with E-state index in [0.29, 0.717) is 38.9 Å². The number of ether oxygens (including phenoxy) is 2. The van der Waals surface area contributed by atoms with Crippen molar-refractivity contribution in [2.75, 3.05) is 14.2 Å². The fourth-order valence-electron chi connectivity index (χ4n) is 2.53. The molecule has 0 bridgehead atoms. The van der Waals surface area contributed by atoms with E-state index in [9.17, 15) is 4.79 Å². The van der Waals surface area contributed by atoms with Gasteiger partial charge in [0.15, 0.2) is 11.5 Å². The summed E-state index contributed by atoms with van der Waals surface area (Å²) in [5.74, 6) is 1.40. The second kappa shape index (κ2) is 7.95. The second-order valence-electron chi connectivity index (χ2n) is 4.98. The first kappa shape index (κ1) is 19.4. The van der Waals surface area contributed by atoms with Crippen LogP contribution in [0.15, 0.2) is 41.2 Å². The zero-order chi connectivity index (χ0) is 17.3. The summed E-state index contributed by atoms with van der Waals surface area (Å²) in [5.41, 5.74) is 0.741. The van der Waals surface area contributed by atoms with Crippen molar-refractivity contribution in [3.05, 3.63) is 57.6 Å². The summed E-state index contributed by atoms with van der Waals surface area (Å²) in [6.45, 7) is 0. The van der Waals surface area contributed by atoms with Gasteiger partial charge < -0.3 is 9.47 Å². The predicted octanol–water partition coefficient (Wildman–Crippen LogP) is 4.22. The van der Waals surface area contributed by atoms with Crippen LogP contribution >= 0.6 is 35.6 Å². The van der Waals surface area contributed by atoms with Crippen LogP contribution in [0.1, 0.15) is 5.82 Å². The van der Waals surface area contributed by atoms with Gasteiger partial charge in [0.1, 0.15) is 5.82 Å². The summed E-state index contributed by atoms with van der Waals surface area (Å²) < 4.78 is 12.0. The molecule has 0 aliphatic heterocycles. The molecule has 0 spiro atoms. The number of benzene rings is 2. The maximum Gasteiger partial charge on any atom is 0.266 e. The SMILES string of the molecule is COc1cc2nc(CCl)n(-c3ccccc3Cl)c(=O)c2cc1OC.Cl. The molecule has 0 aliphatic rings. The summed E-state index contributed by atoms with van der Waals surface area (Å²) in [5, 5.41) is 0.828. The molecule has 0 N–H and O–H groups in total. The number of halogens is 3. The van der Waals surface area contributed by atoms with E-state index in [-0.39, 0.29) is 23.8 Å². The molecule has 5 nitrogen and oxygen atoms in total. The van der Waals surface area contributed by atoms with Gasteiger partial charge in [-0.3, -0.25) is 9.36 Å². The summed E-state index contributed by atoms with van der Waals surface area (Å²) in [4.78, 5) is 17.5. The van der Waals surface area contributed by atoms with Crippen molar-refractivity contribution in [1.82, 2.24) is 9.55 Å². The number of methoxy groups -OCH3 is 2. The Morgan fingerprint density at radius 3 is 2.36 bits per heavy atom. The van der Waals surface area contributed by atoms with E-state index >= 15 is 0 Å². The second-order valence-corrected chi connectivity index (χ2v) is 5.65. The smallest absolute Gasteiger partial charge is 0.266 e. The first-order valence-corrected chi connectivity index (χ1v) is 8.00. The molecule has 25 heavy (non-hydrogen) atoms. The number of hydrogen-bond acceptors (Lipinski definition) is 4. The van der Waals surface area contributed by atoms with Crippen LogP contribution in [0.2, 0.25) is 5.02 Å². The third kappa shape index (κ3) is 3.40. The van der Waals surface area contributed by atoms with Crippen molar-refractivity contribution in [2.45, 2.75) is 5.88 Å². The van der Waals surface area contributed by atoms with Crippen molar-refractivity contribution in [3.63, 3.8) is 0 Å². The number of rotatable bonds is 4. The number of fused-ring (bicyclic) bond motifs is 1. The van der Waals surface area contributed by atoms with E-state index in [0.717, 1.165) is 0 Å². The van der Waals surface area contributed by atoms with Crippen molar-refractivity contribution in [1.29, 1.82) is 0 Å². The lowest BCUT2D eigenvalue weighted by molar-refractivity contribution is 0.355. The molecule has 1 aromatic heterocycles. The predicted molar refractivity (Wildman–Crippen MR) is 102 cm³/mol. The van der Waals surface area contributed by atoms with Gasteiger partial charge in [-0.2, -0.15) is 0 Å². The molecule has 1 heterocycles. The topological polar surface area (TPSA) is 53.4 Å². The molecule has 0 aliphatic carbocycles. The quantitative estimate of drug-likeness (QED) is 0.614. The Morgan fingerprint density at radius 2 is 1.76 bits per heavy atom. The van der Waals surface area contributed by atoms with E-state index in [1.165, 1.54) is 18.8 Å². The van der Waals surface area contributed by atoms with E-state index in [4.69, 9.17) is 32.7 Å². The third-order valence-corrected chi connectivity index (χ3v) is 4.21. The molecule has 0 saturated carbocycles. The number of nitrogens with zero attached hydrogens (tertiary/aromatic N) is 2. The molecular weight excluding hydrogens is 387 g/mol. The first-order chi connectivity index (χ1) is 11.6. The maximum atomic E-state index is 13.0. The minimum Gasteiger partial charge on any atom is -0.493 e. The van der Waals surface area contributed by atoms with Crippen molar-refractivity contribution < 1.29 is 9.47 Å². The van der Waals surface area contributed by atoms with E-state index in [2.05, 4.69) is 4.98 Å². The average Bonchev–Trinajstić information content (AvgIpc) is 2.61. The molecule has 0 radical (unpaired) electrons. The molecule has 3 aromatic rings. The molecule has 132 valence electrons. The van der Waals surface area contributed by atoms with Gasteiger partial charge in [0.25, 0.3) is 5.56 Å². The van der Waals surface area contributed by atoms with Crippen LogP contribution in [0.3, 0.4) is 0 Å². The lowest BCUT2D eigenvalue weighted by Gasteiger charge is -2.14. The highest BCUT2D eigenvalue weighted by Crippen LogP contribution is 2.31. The Morgan fingerprint density at radius 1 is 1.12 bits per heavy atom. The van der Waals surface area contributed by atoms with Crippen molar-refractivity contribution in [2.24, 2.45) is 0 Å². The van der Waals surface area contributed by atoms with Crippen LogP contribution in [0.25, 0.3) is 16.6 Å².